The highest BCUT2D eigenvalue weighted by Crippen LogP contribution is 2.42. The fraction of sp³-hybridized carbons (Fsp3) is 0.257. The maximum atomic E-state index is 14.2. The lowest BCUT2D eigenvalue weighted by Crippen LogP contribution is -2.48. The van der Waals surface area contributed by atoms with Crippen LogP contribution in [0.3, 0.4) is 0 Å². The van der Waals surface area contributed by atoms with Crippen LogP contribution in [0.5, 0.6) is 11.5 Å². The molecule has 0 saturated heterocycles. The molecule has 5 rings (SSSR count). The Kier molecular flexibility index (Phi) is 8.39. The van der Waals surface area contributed by atoms with Crippen LogP contribution in [0.15, 0.2) is 103 Å². The molecule has 1 N–H and O–H groups in total. The van der Waals surface area contributed by atoms with Crippen molar-refractivity contribution in [3.63, 3.8) is 0 Å². The summed E-state index contributed by atoms with van der Waals surface area (Å²) in [4.78, 5) is 31.6. The van der Waals surface area contributed by atoms with Crippen LogP contribution in [-0.4, -0.2) is 41.5 Å². The molecule has 0 radical (unpaired) electrons. The van der Waals surface area contributed by atoms with E-state index in [1.54, 1.807) is 31.4 Å². The molecule has 1 aliphatic heterocycles. The average Bonchev–Trinajstić information content (AvgIpc) is 3.00. The van der Waals surface area contributed by atoms with Gasteiger partial charge in [0.1, 0.15) is 11.5 Å². The number of phenols is 1. The molecule has 3 atom stereocenters. The zero-order chi connectivity index (χ0) is 28.9. The van der Waals surface area contributed by atoms with Gasteiger partial charge in [-0.3, -0.25) is 9.59 Å². The highest BCUT2D eigenvalue weighted by atomic mass is 16.5. The molecule has 0 aromatic heterocycles. The lowest BCUT2D eigenvalue weighted by molar-refractivity contribution is 0.0614. The highest BCUT2D eigenvalue weighted by molar-refractivity contribution is 6.07. The van der Waals surface area contributed by atoms with Crippen LogP contribution in [0.1, 0.15) is 58.2 Å². The predicted molar refractivity (Wildman–Crippen MR) is 162 cm³/mol. The van der Waals surface area contributed by atoms with Gasteiger partial charge >= 0.3 is 0 Å². The van der Waals surface area contributed by atoms with Crippen molar-refractivity contribution < 1.29 is 19.4 Å². The minimum atomic E-state index is -0.272. The third-order valence-corrected chi connectivity index (χ3v) is 7.82. The number of para-hydroxylation sites is 2. The van der Waals surface area contributed by atoms with Gasteiger partial charge in [-0.15, -0.1) is 0 Å². The van der Waals surface area contributed by atoms with E-state index in [0.717, 1.165) is 29.0 Å². The molecule has 2 amide bonds. The smallest absolute Gasteiger partial charge is 0.258 e. The number of carbonyl (C=O) groups excluding carboxylic acids is 2. The summed E-state index contributed by atoms with van der Waals surface area (Å²) in [7, 11) is 1.65. The number of carbonyl (C=O) groups is 2. The minimum Gasteiger partial charge on any atom is -0.507 e. The molecule has 6 heteroatoms. The maximum absolute atomic E-state index is 14.2. The highest BCUT2D eigenvalue weighted by Gasteiger charge is 2.39. The van der Waals surface area contributed by atoms with E-state index in [2.05, 4.69) is 19.1 Å². The van der Waals surface area contributed by atoms with E-state index >= 15 is 0 Å². The van der Waals surface area contributed by atoms with Crippen LogP contribution in [-0.2, 0) is 6.42 Å². The lowest BCUT2D eigenvalue weighted by atomic mass is 9.88. The first-order valence-corrected chi connectivity index (χ1v) is 14.1. The first kappa shape index (κ1) is 28.0. The molecule has 6 nitrogen and oxygen atoms in total. The summed E-state index contributed by atoms with van der Waals surface area (Å²) in [5.74, 6) is 0.614. The quantitative estimate of drug-likeness (QED) is 0.260. The van der Waals surface area contributed by atoms with Gasteiger partial charge in [0, 0.05) is 23.8 Å². The summed E-state index contributed by atoms with van der Waals surface area (Å²) in [6.07, 6.45) is 1.35. The number of nitrogens with zero attached hydrogens (tertiary/aromatic N) is 2. The first-order valence-electron chi connectivity index (χ1n) is 14.1. The predicted octanol–water partition coefficient (Wildman–Crippen LogP) is 6.90. The van der Waals surface area contributed by atoms with Crippen molar-refractivity contribution in [2.75, 3.05) is 18.6 Å². The Bertz CT molecular complexity index is 1500. The fourth-order valence-corrected chi connectivity index (χ4v) is 5.83. The second kappa shape index (κ2) is 12.3. The normalized spacial score (nSPS) is 16.9. The molecule has 0 spiro atoms. The van der Waals surface area contributed by atoms with Gasteiger partial charge in [-0.1, -0.05) is 67.6 Å². The van der Waals surface area contributed by atoms with Crippen molar-refractivity contribution in [2.45, 2.75) is 38.8 Å². The Hall–Kier alpha value is -4.58. The van der Waals surface area contributed by atoms with Crippen molar-refractivity contribution in [1.82, 2.24) is 4.90 Å². The van der Waals surface area contributed by atoms with Gasteiger partial charge in [0.2, 0.25) is 0 Å². The molecular weight excluding hydrogens is 512 g/mol. The topological polar surface area (TPSA) is 70.1 Å². The number of methoxy groups -OCH3 is 1. The maximum Gasteiger partial charge on any atom is 0.258 e. The molecular formula is C35H36N2O4. The van der Waals surface area contributed by atoms with Gasteiger partial charge in [-0.2, -0.15) is 0 Å². The summed E-state index contributed by atoms with van der Waals surface area (Å²) in [5, 5.41) is 10.6. The van der Waals surface area contributed by atoms with Crippen LogP contribution in [0.25, 0.3) is 0 Å². The largest absolute Gasteiger partial charge is 0.507 e. The summed E-state index contributed by atoms with van der Waals surface area (Å²) < 4.78 is 5.30. The number of aromatic hydroxyl groups is 1. The van der Waals surface area contributed by atoms with Gasteiger partial charge < -0.3 is 19.6 Å². The van der Waals surface area contributed by atoms with E-state index in [9.17, 15) is 14.7 Å². The van der Waals surface area contributed by atoms with Gasteiger partial charge in [0.25, 0.3) is 11.8 Å². The van der Waals surface area contributed by atoms with Crippen molar-refractivity contribution >= 4 is 17.5 Å². The molecule has 0 bridgehead atoms. The van der Waals surface area contributed by atoms with Gasteiger partial charge in [-0.05, 0) is 79.3 Å². The number of hydrogen-bond acceptors (Lipinski definition) is 4. The molecule has 1 heterocycles. The lowest BCUT2D eigenvalue weighted by Gasteiger charge is -2.44. The third-order valence-electron chi connectivity index (χ3n) is 7.82. The number of anilines is 1. The van der Waals surface area contributed by atoms with E-state index in [1.165, 1.54) is 0 Å². The van der Waals surface area contributed by atoms with Crippen molar-refractivity contribution in [3.8, 4) is 11.5 Å². The number of benzene rings is 4. The standard InChI is InChI=1S/C35H36N2O4/c1-24(21-26-17-19-28(41-3)20-18-26)23-36(35(40)30-14-8-10-16-33(30)38)32-22-25(2)37(31-15-9-7-13-29(31)32)34(39)27-11-5-4-6-12-27/h4-20,24-25,32,38H,21-23H2,1-3H3. The molecule has 210 valence electrons. The van der Waals surface area contributed by atoms with Crippen LogP contribution in [0.4, 0.5) is 5.69 Å². The second-order valence-corrected chi connectivity index (χ2v) is 10.8. The van der Waals surface area contributed by atoms with E-state index in [1.807, 2.05) is 83.5 Å². The summed E-state index contributed by atoms with van der Waals surface area (Å²) >= 11 is 0. The van der Waals surface area contributed by atoms with Gasteiger partial charge in [-0.25, -0.2) is 0 Å². The zero-order valence-electron chi connectivity index (χ0n) is 23.7. The van der Waals surface area contributed by atoms with Gasteiger partial charge in [0.05, 0.1) is 18.7 Å². The molecule has 4 aromatic rings. The molecule has 0 saturated carbocycles. The molecule has 3 unspecified atom stereocenters. The van der Waals surface area contributed by atoms with E-state index in [-0.39, 0.29) is 41.1 Å². The molecule has 1 aliphatic rings. The first-order chi connectivity index (χ1) is 19.9. The van der Waals surface area contributed by atoms with Crippen molar-refractivity contribution in [2.24, 2.45) is 5.92 Å². The Morgan fingerprint density at radius 3 is 2.29 bits per heavy atom. The summed E-state index contributed by atoms with van der Waals surface area (Å²) in [5.41, 5.74) is 3.79. The Labute approximate surface area is 241 Å². The Morgan fingerprint density at radius 1 is 0.927 bits per heavy atom. The van der Waals surface area contributed by atoms with Crippen LogP contribution < -0.4 is 9.64 Å². The fourth-order valence-electron chi connectivity index (χ4n) is 5.83. The van der Waals surface area contributed by atoms with E-state index in [4.69, 9.17) is 4.74 Å². The SMILES string of the molecule is COc1ccc(CC(C)CN(C(=O)c2ccccc2O)C2CC(C)N(C(=O)c3ccccc3)c3ccccc32)cc1. The number of ether oxygens (including phenoxy) is 1. The van der Waals surface area contributed by atoms with Crippen molar-refractivity contribution in [1.29, 1.82) is 0 Å². The number of rotatable bonds is 8. The van der Waals surface area contributed by atoms with Gasteiger partial charge in [0.15, 0.2) is 0 Å². The summed E-state index contributed by atoms with van der Waals surface area (Å²) in [6.45, 7) is 4.66. The third kappa shape index (κ3) is 5.97. The zero-order valence-corrected chi connectivity index (χ0v) is 23.7. The number of phenolic OH excluding ortho intramolecular Hbond substituents is 1. The van der Waals surface area contributed by atoms with Crippen molar-refractivity contribution in [3.05, 3.63) is 125 Å². The van der Waals surface area contributed by atoms with E-state index in [0.29, 0.717) is 18.5 Å². The molecule has 0 fully saturated rings. The minimum absolute atomic E-state index is 0.0386. The number of fused-ring (bicyclic) bond motifs is 1. The van der Waals surface area contributed by atoms with Crippen LogP contribution >= 0.6 is 0 Å². The molecule has 41 heavy (non-hydrogen) atoms. The Balaban J connectivity index is 1.50. The number of amides is 2. The Morgan fingerprint density at radius 2 is 1.59 bits per heavy atom. The monoisotopic (exact) mass is 548 g/mol. The molecule has 0 aliphatic carbocycles. The van der Waals surface area contributed by atoms with Crippen LogP contribution in [0.2, 0.25) is 0 Å². The van der Waals surface area contributed by atoms with Crippen LogP contribution in [0, 0.1) is 5.92 Å². The summed E-state index contributed by atoms with van der Waals surface area (Å²) in [6, 6.07) is 31.4. The second-order valence-electron chi connectivity index (χ2n) is 10.8. The number of hydrogen-bond donors (Lipinski definition) is 1. The average molecular weight is 549 g/mol. The van der Waals surface area contributed by atoms with E-state index < -0.39 is 0 Å². The molecule has 4 aromatic carbocycles.